The second kappa shape index (κ2) is 6.54. The predicted octanol–water partition coefficient (Wildman–Crippen LogP) is 3.05. The lowest BCUT2D eigenvalue weighted by molar-refractivity contribution is -0.137. The summed E-state index contributed by atoms with van der Waals surface area (Å²) in [7, 11) is 0. The molecule has 5 nitrogen and oxygen atoms in total. The largest absolute Gasteiger partial charge is 0.459 e. The van der Waals surface area contributed by atoms with Gasteiger partial charge in [0.1, 0.15) is 5.82 Å². The van der Waals surface area contributed by atoms with Crippen LogP contribution < -0.4 is 4.90 Å². The molecule has 0 aromatic carbocycles. The van der Waals surface area contributed by atoms with Gasteiger partial charge in [-0.2, -0.15) is 13.2 Å². The molecule has 2 aromatic heterocycles. The van der Waals surface area contributed by atoms with Gasteiger partial charge in [-0.25, -0.2) is 4.98 Å². The normalized spacial score (nSPS) is 16.1. The van der Waals surface area contributed by atoms with Crippen LogP contribution >= 0.6 is 0 Å². The molecule has 0 N–H and O–H groups in total. The van der Waals surface area contributed by atoms with E-state index in [1.54, 1.807) is 21.9 Å². The summed E-state index contributed by atoms with van der Waals surface area (Å²) in [5.74, 6) is 0.330. The van der Waals surface area contributed by atoms with Crippen molar-refractivity contribution in [3.8, 4) is 0 Å². The molecule has 0 bridgehead atoms. The average molecular weight is 339 g/mol. The molecule has 8 heteroatoms. The molecule has 128 valence electrons. The van der Waals surface area contributed by atoms with Gasteiger partial charge in [0.25, 0.3) is 5.91 Å². The first-order valence-electron chi connectivity index (χ1n) is 7.56. The fraction of sp³-hybridized carbons (Fsp3) is 0.375. The minimum absolute atomic E-state index is 0.209. The molecular weight excluding hydrogens is 323 g/mol. The Morgan fingerprint density at radius 3 is 2.71 bits per heavy atom. The van der Waals surface area contributed by atoms with Crippen LogP contribution in [-0.4, -0.2) is 42.0 Å². The van der Waals surface area contributed by atoms with Gasteiger partial charge in [0.05, 0.1) is 11.8 Å². The van der Waals surface area contributed by atoms with E-state index in [-0.39, 0.29) is 17.5 Å². The Morgan fingerprint density at radius 1 is 1.17 bits per heavy atom. The Balaban J connectivity index is 1.71. The molecule has 1 aliphatic heterocycles. The summed E-state index contributed by atoms with van der Waals surface area (Å²) in [4.78, 5) is 19.7. The van der Waals surface area contributed by atoms with Gasteiger partial charge in [-0.1, -0.05) is 0 Å². The van der Waals surface area contributed by atoms with Crippen molar-refractivity contribution < 1.29 is 22.4 Å². The lowest BCUT2D eigenvalue weighted by atomic mass is 10.2. The van der Waals surface area contributed by atoms with E-state index in [0.29, 0.717) is 32.6 Å². The standard InChI is InChI=1S/C16H16F3N3O2/c17-16(18,19)12-4-5-20-14(11-12)21-6-2-7-22(9-8-21)15(23)13-3-1-10-24-13/h1,3-5,10-11H,2,6-9H2. The Hall–Kier alpha value is -2.51. The maximum Gasteiger partial charge on any atom is 0.416 e. The molecule has 1 fully saturated rings. The molecule has 1 amide bonds. The molecule has 24 heavy (non-hydrogen) atoms. The maximum atomic E-state index is 12.8. The smallest absolute Gasteiger partial charge is 0.416 e. The zero-order chi connectivity index (χ0) is 17.2. The van der Waals surface area contributed by atoms with E-state index >= 15 is 0 Å². The molecule has 0 spiro atoms. The van der Waals surface area contributed by atoms with Gasteiger partial charge in [0, 0.05) is 32.4 Å². The van der Waals surface area contributed by atoms with Crippen molar-refractivity contribution in [2.45, 2.75) is 12.6 Å². The van der Waals surface area contributed by atoms with Crippen LogP contribution in [0, 0.1) is 0 Å². The number of nitrogens with zero attached hydrogens (tertiary/aromatic N) is 3. The number of amides is 1. The second-order valence-electron chi connectivity index (χ2n) is 5.51. The zero-order valence-electron chi connectivity index (χ0n) is 12.8. The molecular formula is C16H16F3N3O2. The molecule has 1 saturated heterocycles. The van der Waals surface area contributed by atoms with Crippen LogP contribution in [0.3, 0.4) is 0 Å². The van der Waals surface area contributed by atoms with Gasteiger partial charge in [0.2, 0.25) is 0 Å². The van der Waals surface area contributed by atoms with Crippen molar-refractivity contribution in [1.82, 2.24) is 9.88 Å². The molecule has 0 radical (unpaired) electrons. The SMILES string of the molecule is O=C(c1ccco1)N1CCCN(c2cc(C(F)(F)F)ccn2)CC1. The summed E-state index contributed by atoms with van der Waals surface area (Å²) in [6.07, 6.45) is -1.16. The third kappa shape index (κ3) is 3.52. The molecule has 0 saturated carbocycles. The summed E-state index contributed by atoms with van der Waals surface area (Å²) in [6.45, 7) is 1.88. The van der Waals surface area contributed by atoms with Crippen molar-refractivity contribution in [1.29, 1.82) is 0 Å². The fourth-order valence-electron chi connectivity index (χ4n) is 2.67. The quantitative estimate of drug-likeness (QED) is 0.844. The number of carbonyl (C=O) groups is 1. The van der Waals surface area contributed by atoms with Crippen molar-refractivity contribution in [2.24, 2.45) is 0 Å². The minimum atomic E-state index is -4.40. The first kappa shape index (κ1) is 16.4. The number of anilines is 1. The van der Waals surface area contributed by atoms with E-state index in [4.69, 9.17) is 4.42 Å². The predicted molar refractivity (Wildman–Crippen MR) is 80.7 cm³/mol. The van der Waals surface area contributed by atoms with Crippen LogP contribution in [0.2, 0.25) is 0 Å². The lowest BCUT2D eigenvalue weighted by Gasteiger charge is -2.23. The number of hydrogen-bond acceptors (Lipinski definition) is 4. The Morgan fingerprint density at radius 2 is 2.00 bits per heavy atom. The summed E-state index contributed by atoms with van der Waals surface area (Å²) in [6, 6.07) is 5.24. The van der Waals surface area contributed by atoms with Crippen LogP contribution in [0.4, 0.5) is 19.0 Å². The van der Waals surface area contributed by atoms with Gasteiger partial charge < -0.3 is 14.2 Å². The van der Waals surface area contributed by atoms with Crippen molar-refractivity contribution in [3.63, 3.8) is 0 Å². The van der Waals surface area contributed by atoms with E-state index in [9.17, 15) is 18.0 Å². The number of rotatable bonds is 2. The molecule has 2 aromatic rings. The van der Waals surface area contributed by atoms with Gasteiger partial charge >= 0.3 is 6.18 Å². The summed E-state index contributed by atoms with van der Waals surface area (Å²) in [5, 5.41) is 0. The highest BCUT2D eigenvalue weighted by Gasteiger charge is 2.31. The highest BCUT2D eigenvalue weighted by Crippen LogP contribution is 2.30. The summed E-state index contributed by atoms with van der Waals surface area (Å²) < 4.78 is 43.6. The maximum absolute atomic E-state index is 12.8. The van der Waals surface area contributed by atoms with E-state index in [1.165, 1.54) is 6.26 Å². The second-order valence-corrected chi connectivity index (χ2v) is 5.51. The number of furan rings is 1. The first-order chi connectivity index (χ1) is 11.4. The zero-order valence-corrected chi connectivity index (χ0v) is 12.8. The third-order valence-corrected chi connectivity index (χ3v) is 3.91. The van der Waals surface area contributed by atoms with Crippen LogP contribution in [0.25, 0.3) is 0 Å². The summed E-state index contributed by atoms with van der Waals surface area (Å²) >= 11 is 0. The van der Waals surface area contributed by atoms with Crippen LogP contribution in [0.5, 0.6) is 0 Å². The number of aromatic nitrogens is 1. The Labute approximate surface area is 136 Å². The van der Waals surface area contributed by atoms with Crippen molar-refractivity contribution in [2.75, 3.05) is 31.1 Å². The van der Waals surface area contributed by atoms with Crippen molar-refractivity contribution >= 4 is 11.7 Å². The van der Waals surface area contributed by atoms with Crippen LogP contribution in [-0.2, 0) is 6.18 Å². The highest BCUT2D eigenvalue weighted by atomic mass is 19.4. The minimum Gasteiger partial charge on any atom is -0.459 e. The topological polar surface area (TPSA) is 49.6 Å². The fourth-order valence-corrected chi connectivity index (χ4v) is 2.67. The highest BCUT2D eigenvalue weighted by molar-refractivity contribution is 5.91. The molecule has 0 aliphatic carbocycles. The van der Waals surface area contributed by atoms with Crippen LogP contribution in [0.1, 0.15) is 22.5 Å². The first-order valence-corrected chi connectivity index (χ1v) is 7.56. The molecule has 3 rings (SSSR count). The van der Waals surface area contributed by atoms with Gasteiger partial charge in [-0.05, 0) is 30.7 Å². The number of pyridine rings is 1. The van der Waals surface area contributed by atoms with Gasteiger partial charge in [0.15, 0.2) is 5.76 Å². The Kier molecular flexibility index (Phi) is 4.46. The van der Waals surface area contributed by atoms with Crippen molar-refractivity contribution in [3.05, 3.63) is 48.0 Å². The number of carbonyl (C=O) groups excluding carboxylic acids is 1. The van der Waals surface area contributed by atoms with Gasteiger partial charge in [-0.15, -0.1) is 0 Å². The lowest BCUT2D eigenvalue weighted by Crippen LogP contribution is -2.35. The molecule has 0 unspecified atom stereocenters. The number of alkyl halides is 3. The van der Waals surface area contributed by atoms with E-state index in [0.717, 1.165) is 18.3 Å². The molecule has 0 atom stereocenters. The third-order valence-electron chi connectivity index (χ3n) is 3.91. The summed E-state index contributed by atoms with van der Waals surface area (Å²) in [5.41, 5.74) is -0.722. The monoisotopic (exact) mass is 339 g/mol. The number of halogens is 3. The average Bonchev–Trinajstić information content (AvgIpc) is 2.98. The number of hydrogen-bond donors (Lipinski definition) is 0. The van der Waals surface area contributed by atoms with Gasteiger partial charge in [-0.3, -0.25) is 4.79 Å². The van der Waals surface area contributed by atoms with E-state index < -0.39 is 11.7 Å². The van der Waals surface area contributed by atoms with E-state index in [1.807, 2.05) is 0 Å². The molecule has 1 aliphatic rings. The van der Waals surface area contributed by atoms with E-state index in [2.05, 4.69) is 4.98 Å². The molecule has 3 heterocycles. The Bertz CT molecular complexity index is 701. The van der Waals surface area contributed by atoms with Crippen LogP contribution in [0.15, 0.2) is 41.1 Å².